The Labute approximate surface area is 184 Å². The molecule has 2 aliphatic heterocycles. The van der Waals surface area contributed by atoms with Gasteiger partial charge in [-0.05, 0) is 61.7 Å². The number of hydrogen-bond donors (Lipinski definition) is 0. The van der Waals surface area contributed by atoms with E-state index in [-0.39, 0.29) is 5.91 Å². The van der Waals surface area contributed by atoms with Crippen LogP contribution in [0.1, 0.15) is 28.8 Å². The molecule has 0 N–H and O–H groups in total. The number of aryl methyl sites for hydroxylation is 1. The van der Waals surface area contributed by atoms with Crippen molar-refractivity contribution in [1.29, 1.82) is 0 Å². The quantitative estimate of drug-likeness (QED) is 0.731. The number of nitrogens with zero attached hydrogens (tertiary/aromatic N) is 3. The maximum Gasteiger partial charge on any atom is 0.253 e. The van der Waals surface area contributed by atoms with Crippen LogP contribution < -0.4 is 9.80 Å². The molecule has 0 saturated carbocycles. The van der Waals surface area contributed by atoms with Crippen LogP contribution in [0.25, 0.3) is 0 Å². The van der Waals surface area contributed by atoms with E-state index < -0.39 is 0 Å². The minimum absolute atomic E-state index is 0.113. The Morgan fingerprint density at radius 1 is 0.933 bits per heavy atom. The highest BCUT2D eigenvalue weighted by Gasteiger charge is 2.24. The van der Waals surface area contributed by atoms with Gasteiger partial charge < -0.3 is 19.4 Å². The monoisotopic (exact) mass is 427 g/mol. The first kappa shape index (κ1) is 21.0. The van der Waals surface area contributed by atoms with E-state index in [1.54, 1.807) is 7.11 Å². The van der Waals surface area contributed by atoms with Crippen molar-refractivity contribution in [3.8, 4) is 0 Å². The average molecular weight is 428 g/mol. The minimum Gasteiger partial charge on any atom is -0.381 e. The van der Waals surface area contributed by atoms with Crippen molar-refractivity contribution in [3.05, 3.63) is 58.6 Å². The third-order valence-electron chi connectivity index (χ3n) is 6.33. The molecule has 2 aromatic carbocycles. The zero-order valence-corrected chi connectivity index (χ0v) is 18.6. The fraction of sp³-hybridized carbons (Fsp3) is 0.458. The molecule has 2 saturated heterocycles. The van der Waals surface area contributed by atoms with E-state index in [2.05, 4.69) is 34.9 Å². The molecule has 6 heteroatoms. The van der Waals surface area contributed by atoms with Crippen molar-refractivity contribution in [3.63, 3.8) is 0 Å². The fourth-order valence-electron chi connectivity index (χ4n) is 4.42. The first-order valence-electron chi connectivity index (χ1n) is 10.7. The summed E-state index contributed by atoms with van der Waals surface area (Å²) in [5.41, 5.74) is 4.32. The highest BCUT2D eigenvalue weighted by atomic mass is 35.5. The highest BCUT2D eigenvalue weighted by molar-refractivity contribution is 6.30. The van der Waals surface area contributed by atoms with Gasteiger partial charge in [-0.25, -0.2) is 0 Å². The van der Waals surface area contributed by atoms with Gasteiger partial charge >= 0.3 is 0 Å². The van der Waals surface area contributed by atoms with Crippen LogP contribution in [0.4, 0.5) is 11.4 Å². The van der Waals surface area contributed by atoms with Crippen LogP contribution in [0.2, 0.25) is 5.02 Å². The van der Waals surface area contributed by atoms with E-state index >= 15 is 0 Å². The van der Waals surface area contributed by atoms with E-state index in [4.69, 9.17) is 16.3 Å². The van der Waals surface area contributed by atoms with Gasteiger partial charge in [-0.1, -0.05) is 17.7 Å². The van der Waals surface area contributed by atoms with E-state index in [0.717, 1.165) is 68.4 Å². The molecular formula is C24H30ClN3O2. The summed E-state index contributed by atoms with van der Waals surface area (Å²) in [7, 11) is 1.79. The Bertz CT molecular complexity index is 871. The summed E-state index contributed by atoms with van der Waals surface area (Å²) in [6, 6.07) is 14.1. The Balaban J connectivity index is 1.35. The van der Waals surface area contributed by atoms with Crippen LogP contribution >= 0.6 is 11.6 Å². The third-order valence-corrected chi connectivity index (χ3v) is 6.57. The maximum atomic E-state index is 13.0. The first-order valence-corrected chi connectivity index (χ1v) is 11.1. The summed E-state index contributed by atoms with van der Waals surface area (Å²) in [4.78, 5) is 19.6. The number of piperazine rings is 1. The van der Waals surface area contributed by atoms with Gasteiger partial charge in [0, 0.05) is 68.3 Å². The van der Waals surface area contributed by atoms with Gasteiger partial charge in [-0.2, -0.15) is 0 Å². The van der Waals surface area contributed by atoms with E-state index in [1.165, 1.54) is 11.3 Å². The number of methoxy groups -OCH3 is 1. The summed E-state index contributed by atoms with van der Waals surface area (Å²) in [5.74, 6) is 0.113. The summed E-state index contributed by atoms with van der Waals surface area (Å²) < 4.78 is 5.45. The van der Waals surface area contributed by atoms with E-state index in [0.29, 0.717) is 6.10 Å². The summed E-state index contributed by atoms with van der Waals surface area (Å²) in [6.07, 6.45) is 2.47. The number of carbonyl (C=O) groups excluding carboxylic acids is 1. The average Bonchev–Trinajstić information content (AvgIpc) is 2.80. The maximum absolute atomic E-state index is 13.0. The molecular weight excluding hydrogens is 398 g/mol. The van der Waals surface area contributed by atoms with Crippen molar-refractivity contribution in [2.45, 2.75) is 25.9 Å². The molecule has 2 aromatic rings. The Kier molecular flexibility index (Phi) is 6.49. The molecule has 160 valence electrons. The number of benzene rings is 2. The van der Waals surface area contributed by atoms with Crippen LogP contribution in [0, 0.1) is 6.92 Å². The zero-order chi connectivity index (χ0) is 21.1. The number of halogens is 1. The third kappa shape index (κ3) is 4.57. The van der Waals surface area contributed by atoms with Gasteiger partial charge in [-0.15, -0.1) is 0 Å². The predicted octanol–water partition coefficient (Wildman–Crippen LogP) is 4.23. The van der Waals surface area contributed by atoms with Gasteiger partial charge in [0.05, 0.1) is 6.10 Å². The lowest BCUT2D eigenvalue weighted by Crippen LogP contribution is -2.49. The minimum atomic E-state index is 0.113. The molecule has 0 aromatic heterocycles. The van der Waals surface area contributed by atoms with Gasteiger partial charge in [-0.3, -0.25) is 4.79 Å². The van der Waals surface area contributed by atoms with Crippen LogP contribution in [-0.4, -0.2) is 63.3 Å². The second kappa shape index (κ2) is 9.27. The molecule has 0 aliphatic carbocycles. The fourth-order valence-corrected chi connectivity index (χ4v) is 4.59. The zero-order valence-electron chi connectivity index (χ0n) is 17.8. The molecule has 2 aliphatic rings. The second-order valence-corrected chi connectivity index (χ2v) is 8.62. The Hall–Kier alpha value is -2.24. The SMILES string of the molecule is COC1CCN(c2ccc(C(=O)N3CCN(c4cc(Cl)ccc4C)CC3)cc2)CC1. The van der Waals surface area contributed by atoms with Crippen molar-refractivity contribution in [1.82, 2.24) is 4.90 Å². The second-order valence-electron chi connectivity index (χ2n) is 8.18. The molecule has 0 spiro atoms. The Morgan fingerprint density at radius 2 is 1.60 bits per heavy atom. The lowest BCUT2D eigenvalue weighted by Gasteiger charge is -2.37. The predicted molar refractivity (Wildman–Crippen MR) is 123 cm³/mol. The standard InChI is InChI=1S/C24H30ClN3O2/c1-18-3-6-20(25)17-23(18)27-13-15-28(16-14-27)24(29)19-4-7-21(8-5-19)26-11-9-22(30-2)10-12-26/h3-8,17,22H,9-16H2,1-2H3. The largest absolute Gasteiger partial charge is 0.381 e. The lowest BCUT2D eigenvalue weighted by molar-refractivity contribution is 0.0747. The normalized spacial score (nSPS) is 18.0. The topological polar surface area (TPSA) is 36.0 Å². The number of piperidine rings is 1. The van der Waals surface area contributed by atoms with E-state index in [9.17, 15) is 4.79 Å². The smallest absolute Gasteiger partial charge is 0.253 e. The van der Waals surface area contributed by atoms with Gasteiger partial charge in [0.25, 0.3) is 5.91 Å². The number of hydrogen-bond acceptors (Lipinski definition) is 4. The van der Waals surface area contributed by atoms with Crippen LogP contribution in [-0.2, 0) is 4.74 Å². The molecule has 5 nitrogen and oxygen atoms in total. The molecule has 4 rings (SSSR count). The molecule has 2 heterocycles. The molecule has 0 unspecified atom stereocenters. The van der Waals surface area contributed by atoms with Crippen molar-refractivity contribution < 1.29 is 9.53 Å². The van der Waals surface area contributed by atoms with Gasteiger partial charge in [0.15, 0.2) is 0 Å². The summed E-state index contributed by atoms with van der Waals surface area (Å²) in [6.45, 7) is 7.17. The van der Waals surface area contributed by atoms with Crippen LogP contribution in [0.15, 0.2) is 42.5 Å². The number of carbonyl (C=O) groups is 1. The van der Waals surface area contributed by atoms with Crippen molar-refractivity contribution in [2.24, 2.45) is 0 Å². The van der Waals surface area contributed by atoms with Crippen molar-refractivity contribution >= 4 is 28.9 Å². The molecule has 30 heavy (non-hydrogen) atoms. The lowest BCUT2D eigenvalue weighted by atomic mass is 10.1. The summed E-state index contributed by atoms with van der Waals surface area (Å²) >= 11 is 6.18. The Morgan fingerprint density at radius 3 is 2.23 bits per heavy atom. The van der Waals surface area contributed by atoms with E-state index in [1.807, 2.05) is 29.2 Å². The summed E-state index contributed by atoms with van der Waals surface area (Å²) in [5, 5.41) is 0.751. The van der Waals surface area contributed by atoms with Gasteiger partial charge in [0.1, 0.15) is 0 Å². The molecule has 0 radical (unpaired) electrons. The van der Waals surface area contributed by atoms with Crippen LogP contribution in [0.3, 0.4) is 0 Å². The molecule has 0 atom stereocenters. The molecule has 2 fully saturated rings. The number of amides is 1. The number of anilines is 2. The first-order chi connectivity index (χ1) is 14.5. The number of ether oxygens (including phenoxy) is 1. The number of rotatable bonds is 4. The molecule has 1 amide bonds. The van der Waals surface area contributed by atoms with Gasteiger partial charge in [0.2, 0.25) is 0 Å². The highest BCUT2D eigenvalue weighted by Crippen LogP contribution is 2.26. The van der Waals surface area contributed by atoms with Crippen molar-refractivity contribution in [2.75, 3.05) is 56.2 Å². The molecule has 0 bridgehead atoms. The van der Waals surface area contributed by atoms with Crippen LogP contribution in [0.5, 0.6) is 0 Å².